The summed E-state index contributed by atoms with van der Waals surface area (Å²) in [4.78, 5) is 11.3. The Morgan fingerprint density at radius 1 is 1.45 bits per heavy atom. The van der Waals surface area contributed by atoms with Crippen molar-refractivity contribution in [2.24, 2.45) is 11.8 Å². The molecule has 0 spiro atoms. The van der Waals surface area contributed by atoms with Gasteiger partial charge in [0.2, 0.25) is 0 Å². The van der Waals surface area contributed by atoms with Gasteiger partial charge in [-0.1, -0.05) is 12.1 Å². The zero-order valence-corrected chi connectivity index (χ0v) is 12.5. The lowest BCUT2D eigenvalue weighted by Gasteiger charge is -2.32. The van der Waals surface area contributed by atoms with E-state index in [4.69, 9.17) is 5.26 Å². The summed E-state index contributed by atoms with van der Waals surface area (Å²) in [6.45, 7) is 3.63. The van der Waals surface area contributed by atoms with E-state index in [1.807, 2.05) is 12.1 Å². The van der Waals surface area contributed by atoms with Crippen LogP contribution in [0.2, 0.25) is 0 Å². The van der Waals surface area contributed by atoms with Gasteiger partial charge >= 0.3 is 5.97 Å². The molecule has 1 atom stereocenters. The number of nitrogens with zero attached hydrogens (tertiary/aromatic N) is 1. The molecule has 0 saturated heterocycles. The van der Waals surface area contributed by atoms with Crippen LogP contribution in [0.5, 0.6) is 0 Å². The van der Waals surface area contributed by atoms with Crippen molar-refractivity contribution < 1.29 is 14.3 Å². The second-order valence-electron chi connectivity index (χ2n) is 5.93. The average Bonchev–Trinajstić information content (AvgIpc) is 2.52. The molecule has 0 aliphatic heterocycles. The van der Waals surface area contributed by atoms with Gasteiger partial charge in [0.05, 0.1) is 11.5 Å². The summed E-state index contributed by atoms with van der Waals surface area (Å²) in [7, 11) is 0. The molecule has 1 unspecified atom stereocenters. The van der Waals surface area contributed by atoms with Crippen molar-refractivity contribution in [3.63, 3.8) is 0 Å². The maximum absolute atomic E-state index is 13.7. The molecule has 0 amide bonds. The van der Waals surface area contributed by atoms with E-state index in [9.17, 15) is 14.3 Å². The van der Waals surface area contributed by atoms with Crippen LogP contribution in [0.3, 0.4) is 0 Å². The molecule has 1 fully saturated rings. The summed E-state index contributed by atoms with van der Waals surface area (Å²) in [6, 6.07) is 6.60. The molecule has 1 N–H and O–H groups in total. The molecule has 4 heteroatoms. The van der Waals surface area contributed by atoms with Crippen LogP contribution in [0, 0.1) is 29.0 Å². The summed E-state index contributed by atoms with van der Waals surface area (Å²) in [5.41, 5.74) is 0.972. The zero-order valence-electron chi connectivity index (χ0n) is 12.5. The third kappa shape index (κ3) is 3.54. The van der Waals surface area contributed by atoms with Crippen LogP contribution in [0.25, 0.3) is 0 Å². The van der Waals surface area contributed by atoms with Gasteiger partial charge < -0.3 is 5.11 Å². The number of rotatable bonds is 5. The van der Waals surface area contributed by atoms with E-state index < -0.39 is 11.8 Å². The van der Waals surface area contributed by atoms with Crippen molar-refractivity contribution in [1.29, 1.82) is 5.26 Å². The molecule has 22 heavy (non-hydrogen) atoms. The molecular formula is C18H20FNO2. The van der Waals surface area contributed by atoms with E-state index in [1.165, 1.54) is 12.1 Å². The van der Waals surface area contributed by atoms with Crippen molar-refractivity contribution in [1.82, 2.24) is 0 Å². The van der Waals surface area contributed by atoms with Gasteiger partial charge in [0.15, 0.2) is 0 Å². The summed E-state index contributed by atoms with van der Waals surface area (Å²) in [5, 5.41) is 18.1. The van der Waals surface area contributed by atoms with E-state index in [-0.39, 0.29) is 23.3 Å². The number of carbonyl (C=O) groups is 1. The van der Waals surface area contributed by atoms with Gasteiger partial charge in [0.1, 0.15) is 11.9 Å². The molecule has 1 saturated carbocycles. The average molecular weight is 301 g/mol. The molecule has 2 rings (SSSR count). The van der Waals surface area contributed by atoms with E-state index in [2.05, 4.69) is 6.58 Å². The largest absolute Gasteiger partial charge is 0.481 e. The molecule has 1 aromatic carbocycles. The lowest BCUT2D eigenvalue weighted by molar-refractivity contribution is -0.144. The molecule has 0 bridgehead atoms. The lowest BCUT2D eigenvalue weighted by atomic mass is 9.73. The van der Waals surface area contributed by atoms with Crippen LogP contribution in [-0.2, 0) is 4.79 Å². The van der Waals surface area contributed by atoms with Gasteiger partial charge in [0, 0.05) is 0 Å². The van der Waals surface area contributed by atoms with Gasteiger partial charge in [-0.25, -0.2) is 4.39 Å². The van der Waals surface area contributed by atoms with E-state index in [1.54, 1.807) is 6.08 Å². The second-order valence-corrected chi connectivity index (χ2v) is 5.93. The predicted octanol–water partition coefficient (Wildman–Crippen LogP) is 4.25. The molecule has 3 nitrogen and oxygen atoms in total. The van der Waals surface area contributed by atoms with Gasteiger partial charge in [-0.3, -0.25) is 4.79 Å². The second kappa shape index (κ2) is 7.22. The molecule has 1 aliphatic rings. The molecule has 116 valence electrons. The highest BCUT2D eigenvalue weighted by Gasteiger charge is 2.31. The number of carboxylic acid groups (broad SMARTS) is 1. The van der Waals surface area contributed by atoms with Crippen molar-refractivity contribution in [3.8, 4) is 6.07 Å². The van der Waals surface area contributed by atoms with Gasteiger partial charge in [-0.15, -0.1) is 6.58 Å². The standard InChI is InChI=1S/C18H20FNO2/c1-2-3-16(18(21)22)13-6-4-12(5-7-13)14-8-9-15(11-20)17(19)10-14/h2,8-10,12-13,16H,1,3-7H2,(H,21,22). The van der Waals surface area contributed by atoms with E-state index in [0.29, 0.717) is 6.42 Å². The summed E-state index contributed by atoms with van der Waals surface area (Å²) in [6.07, 6.45) is 5.54. The Kier molecular flexibility index (Phi) is 5.32. The van der Waals surface area contributed by atoms with E-state index >= 15 is 0 Å². The Morgan fingerprint density at radius 2 is 2.14 bits per heavy atom. The maximum Gasteiger partial charge on any atom is 0.307 e. The number of hydrogen-bond acceptors (Lipinski definition) is 2. The fraction of sp³-hybridized carbons (Fsp3) is 0.444. The van der Waals surface area contributed by atoms with Crippen molar-refractivity contribution >= 4 is 5.97 Å². The predicted molar refractivity (Wildman–Crippen MR) is 81.8 cm³/mol. The van der Waals surface area contributed by atoms with Crippen LogP contribution < -0.4 is 0 Å². The summed E-state index contributed by atoms with van der Waals surface area (Å²) in [5.74, 6) is -1.19. The lowest BCUT2D eigenvalue weighted by Crippen LogP contribution is -2.27. The van der Waals surface area contributed by atoms with Gasteiger partial charge in [0.25, 0.3) is 0 Å². The fourth-order valence-corrected chi connectivity index (χ4v) is 3.41. The van der Waals surface area contributed by atoms with Crippen LogP contribution in [0.15, 0.2) is 30.9 Å². The van der Waals surface area contributed by atoms with Crippen LogP contribution >= 0.6 is 0 Å². The zero-order chi connectivity index (χ0) is 16.1. The van der Waals surface area contributed by atoms with Gasteiger partial charge in [-0.05, 0) is 61.6 Å². The summed E-state index contributed by atoms with van der Waals surface area (Å²) >= 11 is 0. The topological polar surface area (TPSA) is 61.1 Å². The first kappa shape index (κ1) is 16.2. The highest BCUT2D eigenvalue weighted by molar-refractivity contribution is 5.70. The minimum absolute atomic E-state index is 0.0642. The first-order valence-corrected chi connectivity index (χ1v) is 7.60. The highest BCUT2D eigenvalue weighted by atomic mass is 19.1. The normalized spacial score (nSPS) is 22.5. The smallest absolute Gasteiger partial charge is 0.307 e. The highest BCUT2D eigenvalue weighted by Crippen LogP contribution is 2.40. The fourth-order valence-electron chi connectivity index (χ4n) is 3.41. The molecule has 1 aromatic rings. The summed E-state index contributed by atoms with van der Waals surface area (Å²) < 4.78 is 13.7. The van der Waals surface area contributed by atoms with Crippen molar-refractivity contribution in [2.75, 3.05) is 0 Å². The SMILES string of the molecule is C=CCC(C(=O)O)C1CCC(c2ccc(C#N)c(F)c2)CC1. The Bertz CT molecular complexity index is 598. The molecular weight excluding hydrogens is 281 g/mol. The Labute approximate surface area is 130 Å². The number of carboxylic acids is 1. The first-order valence-electron chi connectivity index (χ1n) is 7.60. The van der Waals surface area contributed by atoms with Crippen LogP contribution in [-0.4, -0.2) is 11.1 Å². The van der Waals surface area contributed by atoms with E-state index in [0.717, 1.165) is 31.2 Å². The Morgan fingerprint density at radius 3 is 2.64 bits per heavy atom. The number of allylic oxidation sites excluding steroid dienone is 1. The molecule has 0 aromatic heterocycles. The quantitative estimate of drug-likeness (QED) is 0.827. The number of benzene rings is 1. The number of nitriles is 1. The van der Waals surface area contributed by atoms with Crippen molar-refractivity contribution in [3.05, 3.63) is 47.8 Å². The van der Waals surface area contributed by atoms with Gasteiger partial charge in [-0.2, -0.15) is 5.26 Å². The maximum atomic E-state index is 13.7. The monoisotopic (exact) mass is 301 g/mol. The molecule has 0 heterocycles. The number of hydrogen-bond donors (Lipinski definition) is 1. The third-order valence-corrected chi connectivity index (χ3v) is 4.66. The van der Waals surface area contributed by atoms with Crippen molar-refractivity contribution in [2.45, 2.75) is 38.0 Å². The minimum atomic E-state index is -0.757. The van der Waals surface area contributed by atoms with Crippen LogP contribution in [0.1, 0.15) is 49.1 Å². The molecule has 0 radical (unpaired) electrons. The minimum Gasteiger partial charge on any atom is -0.481 e. The third-order valence-electron chi connectivity index (χ3n) is 4.66. The van der Waals surface area contributed by atoms with Crippen LogP contribution in [0.4, 0.5) is 4.39 Å². The Hall–Kier alpha value is -2.15. The Balaban J connectivity index is 2.03. The number of halogens is 1. The molecule has 1 aliphatic carbocycles. The first-order chi connectivity index (χ1) is 10.6. The number of aliphatic carboxylic acids is 1.